The zero-order valence-corrected chi connectivity index (χ0v) is 17.7. The molecule has 0 aliphatic rings. The lowest BCUT2D eigenvalue weighted by Crippen LogP contribution is -2.36. The van der Waals surface area contributed by atoms with Crippen molar-refractivity contribution < 1.29 is 27.7 Å². The number of nitrogens with one attached hydrogen (secondary N) is 2. The quantitative estimate of drug-likeness (QED) is 0.475. The summed E-state index contributed by atoms with van der Waals surface area (Å²) in [5.74, 6) is 2.21. The van der Waals surface area contributed by atoms with Crippen LogP contribution < -0.4 is 29.6 Å². The Kier molecular flexibility index (Phi) is 8.52. The number of hydrogen-bond acceptors (Lipinski definition) is 5. The molecule has 0 aliphatic heterocycles. The minimum atomic E-state index is -2.89. The molecule has 7 nitrogen and oxygen atoms in total. The van der Waals surface area contributed by atoms with Crippen LogP contribution in [0.5, 0.6) is 23.0 Å². The minimum Gasteiger partial charge on any atom is -0.493 e. The summed E-state index contributed by atoms with van der Waals surface area (Å²) < 4.78 is 46.1. The molecule has 0 spiro atoms. The average molecular weight is 423 g/mol. The van der Waals surface area contributed by atoms with Crippen LogP contribution >= 0.6 is 0 Å². The van der Waals surface area contributed by atoms with E-state index in [9.17, 15) is 8.78 Å². The SMILES string of the molecule is CN=C(NCc1cc(C)ccc1OC(F)F)NCc1ccc(OC)c(OC)c1OC. The van der Waals surface area contributed by atoms with E-state index in [1.165, 1.54) is 6.07 Å². The van der Waals surface area contributed by atoms with E-state index in [-0.39, 0.29) is 12.3 Å². The van der Waals surface area contributed by atoms with Crippen molar-refractivity contribution in [3.8, 4) is 23.0 Å². The number of benzene rings is 2. The number of nitrogens with zero attached hydrogens (tertiary/aromatic N) is 1. The summed E-state index contributed by atoms with van der Waals surface area (Å²) >= 11 is 0. The van der Waals surface area contributed by atoms with Crippen LogP contribution in [0, 0.1) is 6.92 Å². The predicted octanol–water partition coefficient (Wildman–Crippen LogP) is 3.49. The van der Waals surface area contributed by atoms with E-state index >= 15 is 0 Å². The van der Waals surface area contributed by atoms with Crippen LogP contribution in [0.25, 0.3) is 0 Å². The van der Waals surface area contributed by atoms with Crippen molar-refractivity contribution in [3.05, 3.63) is 47.0 Å². The number of rotatable bonds is 9. The van der Waals surface area contributed by atoms with Crippen molar-refractivity contribution in [2.24, 2.45) is 4.99 Å². The Hall–Kier alpha value is -3.23. The zero-order chi connectivity index (χ0) is 22.1. The molecule has 0 fully saturated rings. The molecule has 0 bridgehead atoms. The van der Waals surface area contributed by atoms with Gasteiger partial charge in [0, 0.05) is 31.3 Å². The first kappa shape index (κ1) is 23.1. The zero-order valence-electron chi connectivity index (χ0n) is 17.7. The van der Waals surface area contributed by atoms with E-state index in [4.69, 9.17) is 14.2 Å². The van der Waals surface area contributed by atoms with Crippen molar-refractivity contribution >= 4 is 5.96 Å². The standard InChI is InChI=1S/C21H27F2N3O4/c1-13-6-8-16(30-20(22)23)15(10-13)12-26-21(24-2)25-11-14-7-9-17(27-3)19(29-5)18(14)28-4/h6-10,20H,11-12H2,1-5H3,(H2,24,25,26). The molecule has 0 radical (unpaired) electrons. The molecule has 9 heteroatoms. The van der Waals surface area contributed by atoms with Gasteiger partial charge in [-0.1, -0.05) is 17.7 Å². The third kappa shape index (κ3) is 5.88. The maximum Gasteiger partial charge on any atom is 0.387 e. The van der Waals surface area contributed by atoms with Crippen molar-refractivity contribution in [2.45, 2.75) is 26.6 Å². The molecule has 0 aliphatic carbocycles. The summed E-state index contributed by atoms with van der Waals surface area (Å²) in [6.07, 6.45) is 0. The molecule has 0 amide bonds. The van der Waals surface area contributed by atoms with Crippen LogP contribution in [0.3, 0.4) is 0 Å². The van der Waals surface area contributed by atoms with Gasteiger partial charge in [0.1, 0.15) is 5.75 Å². The van der Waals surface area contributed by atoms with E-state index in [0.29, 0.717) is 35.3 Å². The van der Waals surface area contributed by atoms with Gasteiger partial charge in [0.15, 0.2) is 17.5 Å². The molecule has 164 valence electrons. The fourth-order valence-corrected chi connectivity index (χ4v) is 2.94. The number of aryl methyl sites for hydroxylation is 1. The second-order valence-electron chi connectivity index (χ2n) is 6.26. The van der Waals surface area contributed by atoms with Crippen LogP contribution in [0.1, 0.15) is 16.7 Å². The van der Waals surface area contributed by atoms with E-state index in [2.05, 4.69) is 20.4 Å². The molecule has 0 atom stereocenters. The van der Waals surface area contributed by atoms with Gasteiger partial charge in [-0.25, -0.2) is 0 Å². The highest BCUT2D eigenvalue weighted by atomic mass is 19.3. The average Bonchev–Trinajstić information content (AvgIpc) is 2.74. The third-order valence-electron chi connectivity index (χ3n) is 4.33. The fourth-order valence-electron chi connectivity index (χ4n) is 2.94. The molecule has 30 heavy (non-hydrogen) atoms. The molecular weight excluding hydrogens is 396 g/mol. The molecule has 2 rings (SSSR count). The monoisotopic (exact) mass is 423 g/mol. The first-order valence-electron chi connectivity index (χ1n) is 9.20. The molecule has 2 aromatic rings. The van der Waals surface area contributed by atoms with Crippen molar-refractivity contribution in [1.29, 1.82) is 0 Å². The Morgan fingerprint density at radius 1 is 0.900 bits per heavy atom. The largest absolute Gasteiger partial charge is 0.493 e. The maximum absolute atomic E-state index is 12.7. The van der Waals surface area contributed by atoms with Crippen LogP contribution in [0.2, 0.25) is 0 Å². The van der Waals surface area contributed by atoms with Gasteiger partial charge in [-0.15, -0.1) is 0 Å². The highest BCUT2D eigenvalue weighted by Gasteiger charge is 2.16. The highest BCUT2D eigenvalue weighted by molar-refractivity contribution is 5.79. The molecular formula is C21H27F2N3O4. The second kappa shape index (κ2) is 11.1. The van der Waals surface area contributed by atoms with Gasteiger partial charge in [-0.3, -0.25) is 4.99 Å². The second-order valence-corrected chi connectivity index (χ2v) is 6.26. The lowest BCUT2D eigenvalue weighted by Gasteiger charge is -2.18. The lowest BCUT2D eigenvalue weighted by molar-refractivity contribution is -0.0504. The molecule has 2 N–H and O–H groups in total. The maximum atomic E-state index is 12.7. The topological polar surface area (TPSA) is 73.3 Å². The van der Waals surface area contributed by atoms with E-state index in [1.807, 2.05) is 13.0 Å². The van der Waals surface area contributed by atoms with Crippen molar-refractivity contribution in [2.75, 3.05) is 28.4 Å². The summed E-state index contributed by atoms with van der Waals surface area (Å²) in [5, 5.41) is 6.27. The molecule has 0 heterocycles. The van der Waals surface area contributed by atoms with Gasteiger partial charge >= 0.3 is 6.61 Å². The van der Waals surface area contributed by atoms with Gasteiger partial charge in [0.05, 0.1) is 21.3 Å². The Labute approximate surface area is 175 Å². The van der Waals surface area contributed by atoms with Crippen molar-refractivity contribution in [3.63, 3.8) is 0 Å². The van der Waals surface area contributed by atoms with E-state index in [0.717, 1.165) is 11.1 Å². The van der Waals surface area contributed by atoms with E-state index in [1.54, 1.807) is 46.6 Å². The van der Waals surface area contributed by atoms with Gasteiger partial charge in [-0.05, 0) is 25.1 Å². The Morgan fingerprint density at radius 2 is 1.53 bits per heavy atom. The van der Waals surface area contributed by atoms with Gasteiger partial charge in [-0.2, -0.15) is 8.78 Å². The van der Waals surface area contributed by atoms with Crippen LogP contribution in [0.4, 0.5) is 8.78 Å². The summed E-state index contributed by atoms with van der Waals surface area (Å²) in [6, 6.07) is 8.68. The number of alkyl halides is 2. The summed E-state index contributed by atoms with van der Waals surface area (Å²) in [7, 11) is 6.27. The van der Waals surface area contributed by atoms with E-state index < -0.39 is 6.61 Å². The van der Waals surface area contributed by atoms with Gasteiger partial charge < -0.3 is 29.6 Å². The number of aliphatic imine (C=N–C) groups is 1. The summed E-state index contributed by atoms with van der Waals surface area (Å²) in [5.41, 5.74) is 2.36. The Balaban J connectivity index is 2.09. The number of halogens is 2. The minimum absolute atomic E-state index is 0.125. The Morgan fingerprint density at radius 3 is 2.10 bits per heavy atom. The van der Waals surface area contributed by atoms with Crippen LogP contribution in [-0.2, 0) is 13.1 Å². The highest BCUT2D eigenvalue weighted by Crippen LogP contribution is 2.39. The molecule has 0 saturated carbocycles. The van der Waals surface area contributed by atoms with Gasteiger partial charge in [0.25, 0.3) is 0 Å². The first-order valence-corrected chi connectivity index (χ1v) is 9.20. The number of ether oxygens (including phenoxy) is 4. The molecule has 0 unspecified atom stereocenters. The van der Waals surface area contributed by atoms with Gasteiger partial charge in [0.2, 0.25) is 5.75 Å². The third-order valence-corrected chi connectivity index (χ3v) is 4.33. The summed E-state index contributed by atoms with van der Waals surface area (Å²) in [6.45, 7) is -0.364. The number of guanidine groups is 1. The fraction of sp³-hybridized carbons (Fsp3) is 0.381. The lowest BCUT2D eigenvalue weighted by atomic mass is 10.1. The van der Waals surface area contributed by atoms with Crippen LogP contribution in [-0.4, -0.2) is 40.9 Å². The summed E-state index contributed by atoms with van der Waals surface area (Å²) in [4.78, 5) is 4.17. The van der Waals surface area contributed by atoms with Crippen molar-refractivity contribution in [1.82, 2.24) is 10.6 Å². The molecule has 2 aromatic carbocycles. The van der Waals surface area contributed by atoms with Crippen LogP contribution in [0.15, 0.2) is 35.3 Å². The normalized spacial score (nSPS) is 11.3. The first-order chi connectivity index (χ1) is 14.4. The molecule has 0 saturated heterocycles. The number of methoxy groups -OCH3 is 3. The predicted molar refractivity (Wildman–Crippen MR) is 111 cm³/mol. The smallest absolute Gasteiger partial charge is 0.387 e. The Bertz CT molecular complexity index is 876. The molecule has 0 aromatic heterocycles. The number of hydrogen-bond donors (Lipinski definition) is 2.